The lowest BCUT2D eigenvalue weighted by Crippen LogP contribution is -2.36. The van der Waals surface area contributed by atoms with Gasteiger partial charge in [-0.25, -0.2) is 12.7 Å². The summed E-state index contributed by atoms with van der Waals surface area (Å²) in [6, 6.07) is 0. The number of hydrogen-bond acceptors (Lipinski definition) is 3. The molecule has 0 N–H and O–H groups in total. The van der Waals surface area contributed by atoms with E-state index in [2.05, 4.69) is 0 Å². The van der Waals surface area contributed by atoms with Gasteiger partial charge in [0, 0.05) is 45.5 Å². The Morgan fingerprint density at radius 2 is 1.47 bits per heavy atom. The number of halogens is 2. The summed E-state index contributed by atoms with van der Waals surface area (Å²) in [5.74, 6) is 1.07. The molecule has 0 bridgehead atoms. The fraction of sp³-hybridized carbons (Fsp3) is 1.00. The molecule has 0 heterocycles. The number of sulfonamides is 1. The summed E-state index contributed by atoms with van der Waals surface area (Å²) in [5.41, 5.74) is 0. The zero-order valence-corrected chi connectivity index (χ0v) is 11.4. The third kappa shape index (κ3) is 6.58. The Labute approximate surface area is 102 Å². The van der Waals surface area contributed by atoms with E-state index in [1.165, 1.54) is 18.4 Å². The van der Waals surface area contributed by atoms with E-state index in [4.69, 9.17) is 23.2 Å². The molecule has 0 saturated heterocycles. The van der Waals surface area contributed by atoms with Gasteiger partial charge in [0.15, 0.2) is 0 Å². The van der Waals surface area contributed by atoms with Crippen LogP contribution in [0.2, 0.25) is 0 Å². The summed E-state index contributed by atoms with van der Waals surface area (Å²) in [5, 5.41) is 0. The van der Waals surface area contributed by atoms with Crippen LogP contribution in [0.15, 0.2) is 0 Å². The van der Waals surface area contributed by atoms with E-state index in [1.807, 2.05) is 4.90 Å². The SMILES string of the molecule is CN(C)S(=O)(=O)CCN(CCCl)CCCl. The van der Waals surface area contributed by atoms with Crippen LogP contribution in [0.5, 0.6) is 0 Å². The molecule has 0 aromatic carbocycles. The molecule has 0 rings (SSSR count). The second-order valence-electron chi connectivity index (χ2n) is 3.32. The van der Waals surface area contributed by atoms with Crippen molar-refractivity contribution in [2.45, 2.75) is 0 Å². The van der Waals surface area contributed by atoms with Gasteiger partial charge in [0.1, 0.15) is 0 Å². The number of hydrogen-bond donors (Lipinski definition) is 0. The van der Waals surface area contributed by atoms with Crippen molar-refractivity contribution in [3.63, 3.8) is 0 Å². The first-order valence-electron chi connectivity index (χ1n) is 4.68. The monoisotopic (exact) mass is 276 g/mol. The van der Waals surface area contributed by atoms with Gasteiger partial charge in [-0.3, -0.25) is 4.90 Å². The van der Waals surface area contributed by atoms with E-state index in [9.17, 15) is 8.42 Å². The number of rotatable bonds is 8. The van der Waals surface area contributed by atoms with Crippen LogP contribution < -0.4 is 0 Å². The zero-order valence-electron chi connectivity index (χ0n) is 9.12. The van der Waals surface area contributed by atoms with Crippen LogP contribution in [0, 0.1) is 0 Å². The molecule has 15 heavy (non-hydrogen) atoms. The molecule has 0 aliphatic rings. The minimum Gasteiger partial charge on any atom is -0.300 e. The molecule has 0 spiro atoms. The van der Waals surface area contributed by atoms with Crippen molar-refractivity contribution in [3.05, 3.63) is 0 Å². The molecule has 0 atom stereocenters. The molecule has 0 aromatic heterocycles. The van der Waals surface area contributed by atoms with Crippen LogP contribution in [-0.2, 0) is 10.0 Å². The normalized spacial score (nSPS) is 12.7. The molecular formula is C8H18Cl2N2O2S. The van der Waals surface area contributed by atoms with Gasteiger partial charge < -0.3 is 0 Å². The smallest absolute Gasteiger partial charge is 0.214 e. The van der Waals surface area contributed by atoms with Gasteiger partial charge in [-0.05, 0) is 0 Å². The van der Waals surface area contributed by atoms with Crippen molar-refractivity contribution in [2.24, 2.45) is 0 Å². The maximum atomic E-state index is 11.5. The molecular weight excluding hydrogens is 259 g/mol. The fourth-order valence-electron chi connectivity index (χ4n) is 1.00. The molecule has 0 aromatic rings. The Bertz CT molecular complexity index is 251. The van der Waals surface area contributed by atoms with Crippen molar-refractivity contribution >= 4 is 33.2 Å². The average Bonchev–Trinajstić information content (AvgIpc) is 2.15. The summed E-state index contributed by atoms with van der Waals surface area (Å²) in [6.45, 7) is 1.80. The Kier molecular flexibility index (Phi) is 7.91. The van der Waals surface area contributed by atoms with E-state index in [0.29, 0.717) is 31.4 Å². The summed E-state index contributed by atoms with van der Waals surface area (Å²) in [6.07, 6.45) is 0. The second kappa shape index (κ2) is 7.68. The Morgan fingerprint density at radius 1 is 1.00 bits per heavy atom. The Hall–Kier alpha value is 0.450. The Balaban J connectivity index is 4.09. The summed E-state index contributed by atoms with van der Waals surface area (Å²) < 4.78 is 24.2. The van der Waals surface area contributed by atoms with Crippen LogP contribution in [0.4, 0.5) is 0 Å². The molecule has 0 amide bonds. The van der Waals surface area contributed by atoms with E-state index < -0.39 is 10.0 Å². The minimum absolute atomic E-state index is 0.105. The molecule has 0 aliphatic carbocycles. The fourth-order valence-corrected chi connectivity index (χ4v) is 2.33. The summed E-state index contributed by atoms with van der Waals surface area (Å²) in [7, 11) is -0.0633. The highest BCUT2D eigenvalue weighted by Crippen LogP contribution is 1.98. The molecule has 0 unspecified atom stereocenters. The van der Waals surface area contributed by atoms with Crippen molar-refractivity contribution in [1.29, 1.82) is 0 Å². The van der Waals surface area contributed by atoms with Gasteiger partial charge in [0.2, 0.25) is 10.0 Å². The van der Waals surface area contributed by atoms with E-state index in [-0.39, 0.29) is 5.75 Å². The highest BCUT2D eigenvalue weighted by Gasteiger charge is 2.15. The molecule has 0 radical (unpaired) electrons. The predicted molar refractivity (Wildman–Crippen MR) is 65.4 cm³/mol. The van der Waals surface area contributed by atoms with Crippen LogP contribution in [0.3, 0.4) is 0 Å². The maximum Gasteiger partial charge on any atom is 0.214 e. The first kappa shape index (κ1) is 15.4. The quantitative estimate of drug-likeness (QED) is 0.612. The van der Waals surface area contributed by atoms with Crippen LogP contribution in [0.1, 0.15) is 0 Å². The lowest BCUT2D eigenvalue weighted by Gasteiger charge is -2.20. The lowest BCUT2D eigenvalue weighted by atomic mass is 10.5. The second-order valence-corrected chi connectivity index (χ2v) is 6.38. The minimum atomic E-state index is -3.12. The molecule has 92 valence electrons. The average molecular weight is 277 g/mol. The van der Waals surface area contributed by atoms with Gasteiger partial charge in [0.05, 0.1) is 5.75 Å². The van der Waals surface area contributed by atoms with Gasteiger partial charge in [-0.1, -0.05) is 0 Å². The van der Waals surface area contributed by atoms with Crippen molar-refractivity contribution in [2.75, 3.05) is 51.2 Å². The summed E-state index contributed by atoms with van der Waals surface area (Å²) in [4.78, 5) is 1.95. The molecule has 0 fully saturated rings. The number of alkyl halides is 2. The van der Waals surface area contributed by atoms with Crippen LogP contribution in [-0.4, -0.2) is 68.9 Å². The molecule has 0 aliphatic heterocycles. The zero-order chi connectivity index (χ0) is 11.9. The lowest BCUT2D eigenvalue weighted by molar-refractivity contribution is 0.323. The van der Waals surface area contributed by atoms with Gasteiger partial charge in [-0.15, -0.1) is 23.2 Å². The summed E-state index contributed by atoms with van der Waals surface area (Å²) >= 11 is 11.2. The van der Waals surface area contributed by atoms with Gasteiger partial charge in [0.25, 0.3) is 0 Å². The first-order valence-corrected chi connectivity index (χ1v) is 7.36. The van der Waals surface area contributed by atoms with Crippen LogP contribution >= 0.6 is 23.2 Å². The van der Waals surface area contributed by atoms with Crippen molar-refractivity contribution < 1.29 is 8.42 Å². The van der Waals surface area contributed by atoms with Crippen molar-refractivity contribution in [3.8, 4) is 0 Å². The first-order chi connectivity index (χ1) is 6.94. The van der Waals surface area contributed by atoms with E-state index in [1.54, 1.807) is 0 Å². The molecule has 7 heteroatoms. The third-order valence-electron chi connectivity index (χ3n) is 2.02. The maximum absolute atomic E-state index is 11.5. The van der Waals surface area contributed by atoms with Gasteiger partial charge >= 0.3 is 0 Å². The van der Waals surface area contributed by atoms with E-state index >= 15 is 0 Å². The standard InChI is InChI=1S/C8H18Cl2N2O2S/c1-11(2)15(13,14)8-7-12(5-3-9)6-4-10/h3-8H2,1-2H3. The Morgan fingerprint density at radius 3 is 1.80 bits per heavy atom. The molecule has 0 saturated carbocycles. The number of nitrogens with zero attached hydrogens (tertiary/aromatic N) is 2. The largest absolute Gasteiger partial charge is 0.300 e. The van der Waals surface area contributed by atoms with E-state index in [0.717, 1.165) is 0 Å². The highest BCUT2D eigenvalue weighted by molar-refractivity contribution is 7.89. The third-order valence-corrected chi connectivity index (χ3v) is 4.17. The topological polar surface area (TPSA) is 40.6 Å². The van der Waals surface area contributed by atoms with Gasteiger partial charge in [-0.2, -0.15) is 0 Å². The van der Waals surface area contributed by atoms with Crippen LogP contribution in [0.25, 0.3) is 0 Å². The van der Waals surface area contributed by atoms with Crippen molar-refractivity contribution in [1.82, 2.24) is 9.21 Å². The molecule has 4 nitrogen and oxygen atoms in total. The predicted octanol–water partition coefficient (Wildman–Crippen LogP) is 0.657. The highest BCUT2D eigenvalue weighted by atomic mass is 35.5.